The summed E-state index contributed by atoms with van der Waals surface area (Å²) >= 11 is 6.13. The molecule has 0 saturated heterocycles. The third-order valence-corrected chi connectivity index (χ3v) is 4.14. The quantitative estimate of drug-likeness (QED) is 0.604. The molecule has 0 aromatic heterocycles. The van der Waals surface area contributed by atoms with E-state index in [0.717, 1.165) is 25.0 Å². The van der Waals surface area contributed by atoms with Crippen molar-refractivity contribution in [2.45, 2.75) is 26.2 Å². The minimum absolute atomic E-state index is 0.152. The summed E-state index contributed by atoms with van der Waals surface area (Å²) in [5, 5.41) is 3.42. The van der Waals surface area contributed by atoms with Gasteiger partial charge in [-0.15, -0.1) is 0 Å². The number of benzene rings is 2. The normalized spacial score (nSPS) is 10.3. The van der Waals surface area contributed by atoms with Crippen molar-refractivity contribution in [3.8, 4) is 5.75 Å². The first-order chi connectivity index (χ1) is 12.2. The van der Waals surface area contributed by atoms with Gasteiger partial charge in [0.05, 0.1) is 17.3 Å². The molecule has 25 heavy (non-hydrogen) atoms. The third-order valence-electron chi connectivity index (χ3n) is 3.81. The molecule has 0 aliphatic heterocycles. The number of halogens is 1. The summed E-state index contributed by atoms with van der Waals surface area (Å²) in [6.07, 6.45) is 3.17. The first-order valence-electron chi connectivity index (χ1n) is 8.69. The maximum absolute atomic E-state index is 12.6. The number of carbonyl (C=O) groups is 1. The number of hydrogen-bond donors (Lipinski definition) is 1. The molecule has 0 aliphatic rings. The lowest BCUT2D eigenvalue weighted by molar-refractivity contribution is 0.193. The van der Waals surface area contributed by atoms with Crippen molar-refractivity contribution in [2.75, 3.05) is 25.0 Å². The fourth-order valence-corrected chi connectivity index (χ4v) is 2.60. The molecular formula is C20H25ClN2O2. The highest BCUT2D eigenvalue weighted by Crippen LogP contribution is 2.21. The highest BCUT2D eigenvalue weighted by Gasteiger charge is 2.14. The molecular weight excluding hydrogens is 336 g/mol. The molecule has 2 aromatic rings. The number of rotatable bonds is 9. The van der Waals surface area contributed by atoms with E-state index in [1.54, 1.807) is 17.0 Å². The second-order valence-corrected chi connectivity index (χ2v) is 6.17. The molecule has 0 radical (unpaired) electrons. The van der Waals surface area contributed by atoms with E-state index in [1.807, 2.05) is 42.5 Å². The van der Waals surface area contributed by atoms with E-state index in [4.69, 9.17) is 16.3 Å². The molecule has 0 aliphatic carbocycles. The fourth-order valence-electron chi connectivity index (χ4n) is 2.41. The molecule has 2 aromatic carbocycles. The van der Waals surface area contributed by atoms with E-state index in [0.29, 0.717) is 30.4 Å². The summed E-state index contributed by atoms with van der Waals surface area (Å²) in [4.78, 5) is 14.4. The average Bonchev–Trinajstić information content (AvgIpc) is 2.63. The summed E-state index contributed by atoms with van der Waals surface area (Å²) < 4.78 is 5.72. The maximum atomic E-state index is 12.6. The van der Waals surface area contributed by atoms with Gasteiger partial charge in [-0.3, -0.25) is 0 Å². The molecule has 0 heterocycles. The zero-order chi connectivity index (χ0) is 17.9. The number of hydrogen-bond acceptors (Lipinski definition) is 2. The first kappa shape index (κ1) is 19.1. The van der Waals surface area contributed by atoms with Crippen molar-refractivity contribution in [2.24, 2.45) is 0 Å². The lowest BCUT2D eigenvalue weighted by atomic mass is 10.2. The Bertz CT molecular complexity index is 649. The van der Waals surface area contributed by atoms with E-state index >= 15 is 0 Å². The van der Waals surface area contributed by atoms with Crippen LogP contribution < -0.4 is 10.1 Å². The number of urea groups is 1. The van der Waals surface area contributed by atoms with Crippen LogP contribution in [-0.2, 0) is 0 Å². The zero-order valence-corrected chi connectivity index (χ0v) is 15.3. The van der Waals surface area contributed by atoms with Crippen LogP contribution in [0.2, 0.25) is 5.02 Å². The molecule has 0 atom stereocenters. The largest absolute Gasteiger partial charge is 0.492 e. The van der Waals surface area contributed by atoms with Crippen LogP contribution in [0.1, 0.15) is 26.2 Å². The van der Waals surface area contributed by atoms with Gasteiger partial charge in [0.2, 0.25) is 0 Å². The van der Waals surface area contributed by atoms with Crippen LogP contribution in [0, 0.1) is 0 Å². The lowest BCUT2D eigenvalue weighted by Crippen LogP contribution is -2.38. The summed E-state index contributed by atoms with van der Waals surface area (Å²) in [5.41, 5.74) is 0.624. The Hall–Kier alpha value is -2.20. The van der Waals surface area contributed by atoms with E-state index in [1.165, 1.54) is 0 Å². The van der Waals surface area contributed by atoms with Gasteiger partial charge >= 0.3 is 6.03 Å². The van der Waals surface area contributed by atoms with Crippen molar-refractivity contribution >= 4 is 23.3 Å². The number of nitrogens with zero attached hydrogens (tertiary/aromatic N) is 1. The van der Waals surface area contributed by atoms with Crippen LogP contribution >= 0.6 is 11.6 Å². The Morgan fingerprint density at radius 3 is 2.48 bits per heavy atom. The van der Waals surface area contributed by atoms with Gasteiger partial charge in [0.1, 0.15) is 12.4 Å². The Labute approximate surface area is 154 Å². The predicted molar refractivity (Wildman–Crippen MR) is 104 cm³/mol. The van der Waals surface area contributed by atoms with E-state index in [2.05, 4.69) is 12.2 Å². The monoisotopic (exact) mass is 360 g/mol. The number of ether oxygens (including phenoxy) is 1. The number of amides is 2. The molecule has 2 rings (SSSR count). The minimum Gasteiger partial charge on any atom is -0.492 e. The van der Waals surface area contributed by atoms with E-state index in [-0.39, 0.29) is 6.03 Å². The lowest BCUT2D eigenvalue weighted by Gasteiger charge is -2.23. The molecule has 2 amide bonds. The van der Waals surface area contributed by atoms with E-state index < -0.39 is 0 Å². The molecule has 0 saturated carbocycles. The van der Waals surface area contributed by atoms with Crippen molar-refractivity contribution in [3.05, 3.63) is 59.6 Å². The predicted octanol–water partition coefficient (Wildman–Crippen LogP) is 5.44. The molecule has 0 spiro atoms. The van der Waals surface area contributed by atoms with Gasteiger partial charge < -0.3 is 15.0 Å². The maximum Gasteiger partial charge on any atom is 0.322 e. The summed E-state index contributed by atoms with van der Waals surface area (Å²) in [6, 6.07) is 16.7. The number of anilines is 1. The number of para-hydroxylation sites is 2. The zero-order valence-electron chi connectivity index (χ0n) is 14.6. The van der Waals surface area contributed by atoms with Crippen LogP contribution in [-0.4, -0.2) is 30.6 Å². The topological polar surface area (TPSA) is 41.6 Å². The molecule has 5 heteroatoms. The van der Waals surface area contributed by atoms with Gasteiger partial charge in [0, 0.05) is 6.54 Å². The number of unbranched alkanes of at least 4 members (excludes halogenated alkanes) is 2. The van der Waals surface area contributed by atoms with Crippen molar-refractivity contribution in [1.82, 2.24) is 4.90 Å². The minimum atomic E-state index is -0.152. The highest BCUT2D eigenvalue weighted by atomic mass is 35.5. The summed E-state index contributed by atoms with van der Waals surface area (Å²) in [5.74, 6) is 0.808. The molecule has 0 fully saturated rings. The Balaban J connectivity index is 1.91. The standard InChI is InChI=1S/C20H25ClN2O2/c1-2-3-9-14-23(15-16-25-17-10-5-4-6-11-17)20(24)22-19-13-8-7-12-18(19)21/h4-8,10-13H,2-3,9,14-16H2,1H3,(H,22,24). The highest BCUT2D eigenvalue weighted by molar-refractivity contribution is 6.33. The number of carbonyl (C=O) groups excluding carboxylic acids is 1. The summed E-state index contributed by atoms with van der Waals surface area (Å²) in [7, 11) is 0. The van der Waals surface area contributed by atoms with Crippen LogP contribution in [0.3, 0.4) is 0 Å². The molecule has 0 bridgehead atoms. The van der Waals surface area contributed by atoms with Gasteiger partial charge in [-0.25, -0.2) is 4.79 Å². The Morgan fingerprint density at radius 1 is 1.04 bits per heavy atom. The van der Waals surface area contributed by atoms with Gasteiger partial charge in [-0.2, -0.15) is 0 Å². The fraction of sp³-hybridized carbons (Fsp3) is 0.350. The Kier molecular flexibility index (Phi) is 8.13. The Morgan fingerprint density at radius 2 is 1.76 bits per heavy atom. The van der Waals surface area contributed by atoms with Crippen molar-refractivity contribution in [1.29, 1.82) is 0 Å². The second kappa shape index (κ2) is 10.6. The van der Waals surface area contributed by atoms with Crippen molar-refractivity contribution < 1.29 is 9.53 Å². The molecule has 134 valence electrons. The smallest absolute Gasteiger partial charge is 0.322 e. The van der Waals surface area contributed by atoms with Gasteiger partial charge in [0.25, 0.3) is 0 Å². The van der Waals surface area contributed by atoms with Crippen LogP contribution in [0.25, 0.3) is 0 Å². The average molecular weight is 361 g/mol. The van der Waals surface area contributed by atoms with Crippen molar-refractivity contribution in [3.63, 3.8) is 0 Å². The first-order valence-corrected chi connectivity index (χ1v) is 9.07. The van der Waals surface area contributed by atoms with Gasteiger partial charge in [-0.05, 0) is 30.7 Å². The number of nitrogens with one attached hydrogen (secondary N) is 1. The summed E-state index contributed by atoms with van der Waals surface area (Å²) in [6.45, 7) is 3.82. The third kappa shape index (κ3) is 6.67. The van der Waals surface area contributed by atoms with Crippen LogP contribution in [0.5, 0.6) is 5.75 Å². The van der Waals surface area contributed by atoms with Crippen LogP contribution in [0.4, 0.5) is 10.5 Å². The second-order valence-electron chi connectivity index (χ2n) is 5.77. The SMILES string of the molecule is CCCCCN(CCOc1ccccc1)C(=O)Nc1ccccc1Cl. The van der Waals surface area contributed by atoms with Crippen LogP contribution in [0.15, 0.2) is 54.6 Å². The molecule has 4 nitrogen and oxygen atoms in total. The molecule has 0 unspecified atom stereocenters. The molecule has 1 N–H and O–H groups in total. The van der Waals surface area contributed by atoms with Gasteiger partial charge in [-0.1, -0.05) is 61.7 Å². The van der Waals surface area contributed by atoms with Gasteiger partial charge in [0.15, 0.2) is 0 Å². The van der Waals surface area contributed by atoms with E-state index in [9.17, 15) is 4.79 Å².